The largest absolute Gasteiger partial charge is 0.324 e. The average molecular weight is 199 g/mol. The van der Waals surface area contributed by atoms with Crippen molar-refractivity contribution in [2.75, 3.05) is 5.32 Å². The first kappa shape index (κ1) is 10.0. The van der Waals surface area contributed by atoms with Gasteiger partial charge < -0.3 is 11.1 Å². The smallest absolute Gasteiger partial charge is 0.245 e. The van der Waals surface area contributed by atoms with E-state index >= 15 is 0 Å². The van der Waals surface area contributed by atoms with Crippen LogP contribution in [0.2, 0.25) is 0 Å². The van der Waals surface area contributed by atoms with Gasteiger partial charge in [-0.05, 0) is 13.0 Å². The Balaban J connectivity index is 0.000000845. The topological polar surface area (TPSA) is 55.1 Å². The number of amides is 1. The summed E-state index contributed by atoms with van der Waals surface area (Å²) in [5.74, 6) is -0.115. The number of rotatable bonds is 0. The maximum Gasteiger partial charge on any atom is 0.245 e. The number of fused-ring (bicyclic) bond motifs is 1. The summed E-state index contributed by atoms with van der Waals surface area (Å²) in [6.07, 6.45) is 0. The van der Waals surface area contributed by atoms with Gasteiger partial charge in [-0.25, -0.2) is 0 Å². The normalized spacial score (nSPS) is 18.9. The van der Waals surface area contributed by atoms with Crippen LogP contribution >= 0.6 is 12.4 Å². The minimum absolute atomic E-state index is 0. The highest BCUT2D eigenvalue weighted by molar-refractivity contribution is 6.02. The summed E-state index contributed by atoms with van der Waals surface area (Å²) in [6.45, 7) is 1.98. The molecule has 1 aromatic rings. The van der Waals surface area contributed by atoms with Crippen molar-refractivity contribution < 1.29 is 4.79 Å². The van der Waals surface area contributed by atoms with E-state index in [0.29, 0.717) is 0 Å². The van der Waals surface area contributed by atoms with E-state index in [1.165, 1.54) is 0 Å². The SMILES string of the molecule is Cc1ccc2c(c1)C(N)C(=O)N2.Cl. The second-order valence-corrected chi connectivity index (χ2v) is 3.06. The number of carbonyl (C=O) groups is 1. The van der Waals surface area contributed by atoms with E-state index in [0.717, 1.165) is 16.8 Å². The maximum atomic E-state index is 11.1. The second kappa shape index (κ2) is 3.36. The van der Waals surface area contributed by atoms with Gasteiger partial charge in [0, 0.05) is 11.3 Å². The lowest BCUT2D eigenvalue weighted by atomic mass is 10.1. The van der Waals surface area contributed by atoms with Crippen molar-refractivity contribution in [3.8, 4) is 0 Å². The summed E-state index contributed by atoms with van der Waals surface area (Å²) < 4.78 is 0. The van der Waals surface area contributed by atoms with Gasteiger partial charge in [0.15, 0.2) is 0 Å². The minimum Gasteiger partial charge on any atom is -0.324 e. The molecule has 0 spiro atoms. The zero-order valence-electron chi connectivity index (χ0n) is 7.20. The number of nitrogens with one attached hydrogen (secondary N) is 1. The minimum atomic E-state index is -0.486. The van der Waals surface area contributed by atoms with Crippen molar-refractivity contribution in [3.05, 3.63) is 29.3 Å². The van der Waals surface area contributed by atoms with Crippen LogP contribution in [0.4, 0.5) is 5.69 Å². The summed E-state index contributed by atoms with van der Waals surface area (Å²) in [6, 6.07) is 5.30. The highest BCUT2D eigenvalue weighted by atomic mass is 35.5. The molecule has 0 bridgehead atoms. The van der Waals surface area contributed by atoms with Gasteiger partial charge in [0.2, 0.25) is 5.91 Å². The molecular weight excluding hydrogens is 188 g/mol. The van der Waals surface area contributed by atoms with E-state index in [-0.39, 0.29) is 18.3 Å². The average Bonchev–Trinajstić information content (AvgIpc) is 2.31. The fourth-order valence-electron chi connectivity index (χ4n) is 1.41. The number of anilines is 1. The molecule has 1 heterocycles. The van der Waals surface area contributed by atoms with E-state index in [4.69, 9.17) is 5.73 Å². The summed E-state index contributed by atoms with van der Waals surface area (Å²) in [5, 5.41) is 2.71. The van der Waals surface area contributed by atoms with Crippen LogP contribution in [0.3, 0.4) is 0 Å². The van der Waals surface area contributed by atoms with Gasteiger partial charge in [-0.1, -0.05) is 17.7 Å². The molecule has 13 heavy (non-hydrogen) atoms. The number of halogens is 1. The van der Waals surface area contributed by atoms with Crippen LogP contribution in [0.5, 0.6) is 0 Å². The number of aryl methyl sites for hydroxylation is 1. The summed E-state index contributed by atoms with van der Waals surface area (Å²) in [4.78, 5) is 11.1. The Morgan fingerprint density at radius 1 is 1.46 bits per heavy atom. The molecule has 0 saturated carbocycles. The van der Waals surface area contributed by atoms with Crippen LogP contribution in [0, 0.1) is 6.92 Å². The monoisotopic (exact) mass is 198 g/mol. The third-order valence-electron chi connectivity index (χ3n) is 2.08. The Hall–Kier alpha value is -1.06. The van der Waals surface area contributed by atoms with Crippen LogP contribution in [0.1, 0.15) is 17.2 Å². The zero-order valence-corrected chi connectivity index (χ0v) is 8.02. The molecule has 1 aromatic carbocycles. The van der Waals surface area contributed by atoms with Crippen molar-refractivity contribution >= 4 is 24.0 Å². The van der Waals surface area contributed by atoms with Gasteiger partial charge >= 0.3 is 0 Å². The van der Waals surface area contributed by atoms with Crippen molar-refractivity contribution in [2.45, 2.75) is 13.0 Å². The van der Waals surface area contributed by atoms with Gasteiger partial charge in [0.1, 0.15) is 6.04 Å². The highest BCUT2D eigenvalue weighted by Crippen LogP contribution is 2.29. The first-order valence-electron chi connectivity index (χ1n) is 3.85. The van der Waals surface area contributed by atoms with E-state index in [1.807, 2.05) is 25.1 Å². The molecule has 1 atom stereocenters. The molecule has 1 aliphatic heterocycles. The third kappa shape index (κ3) is 1.53. The van der Waals surface area contributed by atoms with Crippen molar-refractivity contribution in [1.82, 2.24) is 0 Å². The summed E-state index contributed by atoms with van der Waals surface area (Å²) in [5.41, 5.74) is 8.52. The lowest BCUT2D eigenvalue weighted by Gasteiger charge is -2.01. The van der Waals surface area contributed by atoms with Gasteiger partial charge in [-0.3, -0.25) is 4.79 Å². The molecule has 0 fully saturated rings. The number of carbonyl (C=O) groups excluding carboxylic acids is 1. The van der Waals surface area contributed by atoms with Crippen LogP contribution in [-0.2, 0) is 4.79 Å². The van der Waals surface area contributed by atoms with Crippen LogP contribution in [0.15, 0.2) is 18.2 Å². The first-order chi connectivity index (χ1) is 5.68. The van der Waals surface area contributed by atoms with Gasteiger partial charge in [0.25, 0.3) is 0 Å². The van der Waals surface area contributed by atoms with E-state index < -0.39 is 6.04 Å². The Kier molecular flexibility index (Phi) is 2.59. The molecular formula is C9H11ClN2O. The van der Waals surface area contributed by atoms with E-state index in [9.17, 15) is 4.79 Å². The van der Waals surface area contributed by atoms with E-state index in [2.05, 4.69) is 5.32 Å². The highest BCUT2D eigenvalue weighted by Gasteiger charge is 2.26. The molecule has 0 radical (unpaired) electrons. The van der Waals surface area contributed by atoms with Gasteiger partial charge in [0.05, 0.1) is 0 Å². The predicted molar refractivity (Wildman–Crippen MR) is 54.0 cm³/mol. The Bertz CT molecular complexity index is 351. The van der Waals surface area contributed by atoms with Crippen molar-refractivity contribution in [3.63, 3.8) is 0 Å². The Morgan fingerprint density at radius 2 is 2.15 bits per heavy atom. The number of benzene rings is 1. The molecule has 3 N–H and O–H groups in total. The lowest BCUT2D eigenvalue weighted by molar-refractivity contribution is -0.116. The predicted octanol–water partition coefficient (Wildman–Crippen LogP) is 1.37. The molecule has 0 aromatic heterocycles. The fourth-order valence-corrected chi connectivity index (χ4v) is 1.41. The van der Waals surface area contributed by atoms with Crippen LogP contribution in [-0.4, -0.2) is 5.91 Å². The second-order valence-electron chi connectivity index (χ2n) is 3.06. The quantitative estimate of drug-likeness (QED) is 0.662. The molecule has 70 valence electrons. The summed E-state index contributed by atoms with van der Waals surface area (Å²) >= 11 is 0. The van der Waals surface area contributed by atoms with Crippen LogP contribution in [0.25, 0.3) is 0 Å². The zero-order chi connectivity index (χ0) is 8.72. The summed E-state index contributed by atoms with van der Waals surface area (Å²) in [7, 11) is 0. The molecule has 1 aliphatic rings. The van der Waals surface area contributed by atoms with Crippen molar-refractivity contribution in [1.29, 1.82) is 0 Å². The molecule has 2 rings (SSSR count). The lowest BCUT2D eigenvalue weighted by Crippen LogP contribution is -2.19. The number of nitrogens with two attached hydrogens (primary N) is 1. The van der Waals surface area contributed by atoms with Gasteiger partial charge in [-0.15, -0.1) is 12.4 Å². The molecule has 1 amide bonds. The Labute approximate surface area is 82.7 Å². The molecule has 0 aliphatic carbocycles. The number of hydrogen-bond donors (Lipinski definition) is 2. The first-order valence-corrected chi connectivity index (χ1v) is 3.85. The molecule has 0 saturated heterocycles. The molecule has 4 heteroatoms. The standard InChI is InChI=1S/C9H10N2O.ClH/c1-5-2-3-7-6(4-5)8(10)9(12)11-7;/h2-4,8H,10H2,1H3,(H,11,12);1H. The maximum absolute atomic E-state index is 11.1. The fraction of sp³-hybridized carbons (Fsp3) is 0.222. The van der Waals surface area contributed by atoms with Crippen molar-refractivity contribution in [2.24, 2.45) is 5.73 Å². The van der Waals surface area contributed by atoms with Gasteiger partial charge in [-0.2, -0.15) is 0 Å². The Morgan fingerprint density at radius 3 is 2.85 bits per heavy atom. The number of hydrogen-bond acceptors (Lipinski definition) is 2. The molecule has 3 nitrogen and oxygen atoms in total. The van der Waals surface area contributed by atoms with E-state index in [1.54, 1.807) is 0 Å². The third-order valence-corrected chi connectivity index (χ3v) is 2.08. The molecule has 1 unspecified atom stereocenters. The van der Waals surface area contributed by atoms with Crippen LogP contribution < -0.4 is 11.1 Å².